The Labute approximate surface area is 77.4 Å². The fourth-order valence-corrected chi connectivity index (χ4v) is 1.36. The van der Waals surface area contributed by atoms with Crippen molar-refractivity contribution in [2.24, 2.45) is 0 Å². The third-order valence-corrected chi connectivity index (χ3v) is 2.08. The van der Waals surface area contributed by atoms with E-state index in [1.807, 2.05) is 6.92 Å². The molecule has 1 saturated heterocycles. The van der Waals surface area contributed by atoms with Crippen LogP contribution in [0.3, 0.4) is 0 Å². The van der Waals surface area contributed by atoms with Gasteiger partial charge in [-0.1, -0.05) is 0 Å². The molecule has 4 heteroatoms. The van der Waals surface area contributed by atoms with Crippen LogP contribution >= 0.6 is 0 Å². The van der Waals surface area contributed by atoms with E-state index in [0.717, 1.165) is 31.1 Å². The minimum atomic E-state index is 0.284. The average Bonchev–Trinajstić information content (AvgIpc) is 2.62. The minimum Gasteiger partial charge on any atom is -0.486 e. The Bertz CT molecular complexity index is 267. The lowest BCUT2D eigenvalue weighted by Crippen LogP contribution is -2.19. The first-order valence-corrected chi connectivity index (χ1v) is 4.50. The summed E-state index contributed by atoms with van der Waals surface area (Å²) in [5.74, 6) is 1.54. The summed E-state index contributed by atoms with van der Waals surface area (Å²) in [6.45, 7) is 3.83. The predicted molar refractivity (Wildman–Crippen MR) is 48.7 cm³/mol. The van der Waals surface area contributed by atoms with Crippen LogP contribution in [-0.2, 0) is 0 Å². The normalized spacial score (nSPS) is 21.8. The lowest BCUT2D eigenvalue weighted by Gasteiger charge is -2.10. The van der Waals surface area contributed by atoms with Gasteiger partial charge in [0.1, 0.15) is 11.9 Å². The molecule has 1 atom stereocenters. The predicted octanol–water partition coefficient (Wildman–Crippen LogP) is 0.526. The first kappa shape index (κ1) is 8.44. The Kier molecular flexibility index (Phi) is 2.40. The fraction of sp³-hybridized carbons (Fsp3) is 0.556. The number of hydrogen-bond acceptors (Lipinski definition) is 4. The number of aryl methyl sites for hydroxylation is 1. The van der Waals surface area contributed by atoms with E-state index in [9.17, 15) is 0 Å². The van der Waals surface area contributed by atoms with Crippen molar-refractivity contribution >= 4 is 0 Å². The van der Waals surface area contributed by atoms with Gasteiger partial charge in [0, 0.05) is 6.54 Å². The van der Waals surface area contributed by atoms with Crippen LogP contribution in [0.5, 0.6) is 5.75 Å². The molecule has 0 amide bonds. The Balaban J connectivity index is 1.97. The van der Waals surface area contributed by atoms with E-state index in [1.54, 1.807) is 12.4 Å². The maximum absolute atomic E-state index is 5.64. The van der Waals surface area contributed by atoms with Crippen LogP contribution in [-0.4, -0.2) is 29.2 Å². The second-order valence-electron chi connectivity index (χ2n) is 3.20. The van der Waals surface area contributed by atoms with Crippen molar-refractivity contribution in [2.45, 2.75) is 19.4 Å². The van der Waals surface area contributed by atoms with Crippen molar-refractivity contribution in [3.05, 3.63) is 18.2 Å². The van der Waals surface area contributed by atoms with Crippen molar-refractivity contribution in [3.8, 4) is 5.75 Å². The zero-order valence-electron chi connectivity index (χ0n) is 7.66. The molecule has 1 aromatic rings. The molecule has 0 spiro atoms. The molecular weight excluding hydrogens is 166 g/mol. The Hall–Kier alpha value is -1.16. The summed E-state index contributed by atoms with van der Waals surface area (Å²) < 4.78 is 5.64. The zero-order valence-corrected chi connectivity index (χ0v) is 7.66. The van der Waals surface area contributed by atoms with Gasteiger partial charge < -0.3 is 10.1 Å². The molecule has 0 bridgehead atoms. The van der Waals surface area contributed by atoms with Gasteiger partial charge in [-0.05, 0) is 19.9 Å². The van der Waals surface area contributed by atoms with Crippen LogP contribution in [0.25, 0.3) is 0 Å². The Morgan fingerprint density at radius 1 is 1.46 bits per heavy atom. The molecule has 1 N–H and O–H groups in total. The van der Waals surface area contributed by atoms with E-state index >= 15 is 0 Å². The van der Waals surface area contributed by atoms with Gasteiger partial charge in [0.05, 0.1) is 12.4 Å². The second-order valence-corrected chi connectivity index (χ2v) is 3.20. The molecule has 1 aliphatic heterocycles. The van der Waals surface area contributed by atoms with Crippen LogP contribution in [0.2, 0.25) is 0 Å². The summed E-state index contributed by atoms with van der Waals surface area (Å²) in [6.07, 6.45) is 4.79. The zero-order chi connectivity index (χ0) is 9.10. The van der Waals surface area contributed by atoms with Gasteiger partial charge in [0.2, 0.25) is 0 Å². The van der Waals surface area contributed by atoms with E-state index < -0.39 is 0 Å². The van der Waals surface area contributed by atoms with Crippen LogP contribution in [0.15, 0.2) is 12.4 Å². The van der Waals surface area contributed by atoms with E-state index in [1.165, 1.54) is 0 Å². The molecule has 0 saturated carbocycles. The van der Waals surface area contributed by atoms with Crippen molar-refractivity contribution in [1.29, 1.82) is 0 Å². The highest BCUT2D eigenvalue weighted by molar-refractivity contribution is 5.12. The Morgan fingerprint density at radius 2 is 2.23 bits per heavy atom. The average molecular weight is 179 g/mol. The SMILES string of the molecule is Cc1ncc(OC2CCNC2)cn1. The van der Waals surface area contributed by atoms with Crippen molar-refractivity contribution in [1.82, 2.24) is 15.3 Å². The molecule has 0 aliphatic carbocycles. The summed E-state index contributed by atoms with van der Waals surface area (Å²) in [4.78, 5) is 8.13. The molecule has 0 radical (unpaired) electrons. The number of nitrogens with zero attached hydrogens (tertiary/aromatic N) is 2. The molecule has 0 aromatic carbocycles. The maximum atomic E-state index is 5.64. The van der Waals surface area contributed by atoms with Crippen molar-refractivity contribution in [2.75, 3.05) is 13.1 Å². The molecule has 70 valence electrons. The maximum Gasteiger partial charge on any atom is 0.156 e. The molecule has 2 rings (SSSR count). The molecular formula is C9H13N3O. The summed E-state index contributed by atoms with van der Waals surface area (Å²) in [6, 6.07) is 0. The highest BCUT2D eigenvalue weighted by atomic mass is 16.5. The third-order valence-electron chi connectivity index (χ3n) is 2.08. The molecule has 1 fully saturated rings. The lowest BCUT2D eigenvalue weighted by molar-refractivity contribution is 0.221. The molecule has 4 nitrogen and oxygen atoms in total. The number of nitrogens with one attached hydrogen (secondary N) is 1. The smallest absolute Gasteiger partial charge is 0.156 e. The third kappa shape index (κ3) is 2.15. The fourth-order valence-electron chi connectivity index (χ4n) is 1.36. The summed E-state index contributed by atoms with van der Waals surface area (Å²) in [5, 5.41) is 3.24. The largest absolute Gasteiger partial charge is 0.486 e. The topological polar surface area (TPSA) is 47.0 Å². The van der Waals surface area contributed by atoms with E-state index in [2.05, 4.69) is 15.3 Å². The van der Waals surface area contributed by atoms with Gasteiger partial charge in [-0.2, -0.15) is 0 Å². The van der Waals surface area contributed by atoms with E-state index in [-0.39, 0.29) is 6.10 Å². The lowest BCUT2D eigenvalue weighted by atomic mass is 10.3. The number of aromatic nitrogens is 2. The van der Waals surface area contributed by atoms with Crippen molar-refractivity contribution < 1.29 is 4.74 Å². The van der Waals surface area contributed by atoms with Gasteiger partial charge in [-0.25, -0.2) is 9.97 Å². The van der Waals surface area contributed by atoms with Crippen LogP contribution in [0, 0.1) is 6.92 Å². The molecule has 13 heavy (non-hydrogen) atoms. The van der Waals surface area contributed by atoms with Gasteiger partial charge >= 0.3 is 0 Å². The molecule has 1 aromatic heterocycles. The standard InChI is InChI=1S/C9H13N3O/c1-7-11-5-9(6-12-7)13-8-2-3-10-4-8/h5-6,8,10H,2-4H2,1H3. The van der Waals surface area contributed by atoms with E-state index in [0.29, 0.717) is 0 Å². The monoisotopic (exact) mass is 179 g/mol. The highest BCUT2D eigenvalue weighted by Crippen LogP contribution is 2.11. The van der Waals surface area contributed by atoms with Crippen LogP contribution in [0.4, 0.5) is 0 Å². The molecule has 1 aliphatic rings. The minimum absolute atomic E-state index is 0.284. The number of ether oxygens (including phenoxy) is 1. The number of rotatable bonds is 2. The molecule has 2 heterocycles. The van der Waals surface area contributed by atoms with E-state index in [4.69, 9.17) is 4.74 Å². The summed E-state index contributed by atoms with van der Waals surface area (Å²) in [7, 11) is 0. The van der Waals surface area contributed by atoms with Crippen LogP contribution in [0.1, 0.15) is 12.2 Å². The second kappa shape index (κ2) is 3.70. The highest BCUT2D eigenvalue weighted by Gasteiger charge is 2.15. The quantitative estimate of drug-likeness (QED) is 0.719. The Morgan fingerprint density at radius 3 is 2.85 bits per heavy atom. The van der Waals surface area contributed by atoms with Gasteiger partial charge in [-0.15, -0.1) is 0 Å². The number of hydrogen-bond donors (Lipinski definition) is 1. The summed E-state index contributed by atoms with van der Waals surface area (Å²) >= 11 is 0. The van der Waals surface area contributed by atoms with Gasteiger partial charge in [0.25, 0.3) is 0 Å². The van der Waals surface area contributed by atoms with Gasteiger partial charge in [0.15, 0.2) is 5.75 Å². The van der Waals surface area contributed by atoms with Crippen LogP contribution < -0.4 is 10.1 Å². The van der Waals surface area contributed by atoms with Gasteiger partial charge in [-0.3, -0.25) is 0 Å². The molecule has 1 unspecified atom stereocenters. The first-order valence-electron chi connectivity index (χ1n) is 4.50. The summed E-state index contributed by atoms with van der Waals surface area (Å²) in [5.41, 5.74) is 0. The van der Waals surface area contributed by atoms with Crippen molar-refractivity contribution in [3.63, 3.8) is 0 Å². The first-order chi connectivity index (χ1) is 6.34.